The van der Waals surface area contributed by atoms with Gasteiger partial charge in [0, 0.05) is 25.5 Å². The molecule has 4 heteroatoms. The molecule has 1 aromatic heterocycles. The van der Waals surface area contributed by atoms with Crippen LogP contribution in [0.3, 0.4) is 0 Å². The molecule has 0 spiro atoms. The lowest BCUT2D eigenvalue weighted by Gasteiger charge is -2.14. The van der Waals surface area contributed by atoms with Crippen molar-refractivity contribution >= 4 is 12.0 Å². The third-order valence-electron chi connectivity index (χ3n) is 2.26. The minimum atomic E-state index is -0.318. The van der Waals surface area contributed by atoms with Crippen LogP contribution in [-0.4, -0.2) is 30.1 Å². The van der Waals surface area contributed by atoms with E-state index in [9.17, 15) is 4.79 Å². The second kappa shape index (κ2) is 6.91. The van der Waals surface area contributed by atoms with Crippen LogP contribution in [-0.2, 0) is 9.53 Å². The third-order valence-corrected chi connectivity index (χ3v) is 2.26. The molecule has 0 amide bonds. The van der Waals surface area contributed by atoms with E-state index in [4.69, 9.17) is 0 Å². The van der Waals surface area contributed by atoms with Gasteiger partial charge in [-0.05, 0) is 44.0 Å². The highest BCUT2D eigenvalue weighted by Gasteiger charge is 2.07. The molecule has 4 nitrogen and oxygen atoms in total. The smallest absolute Gasteiger partial charge is 0.293 e. The zero-order valence-corrected chi connectivity index (χ0v) is 11.1. The Kier molecular flexibility index (Phi) is 5.52. The first-order valence-electron chi connectivity index (χ1n) is 5.94. The van der Waals surface area contributed by atoms with E-state index in [2.05, 4.69) is 21.1 Å². The van der Waals surface area contributed by atoms with Crippen molar-refractivity contribution in [3.63, 3.8) is 0 Å². The fraction of sp³-hybridized carbons (Fsp3) is 0.429. The van der Waals surface area contributed by atoms with Gasteiger partial charge in [-0.25, -0.2) is 0 Å². The molecule has 0 aliphatic carbocycles. The summed E-state index contributed by atoms with van der Waals surface area (Å²) in [6, 6.07) is 4.08. The third kappa shape index (κ3) is 5.59. The van der Waals surface area contributed by atoms with Crippen molar-refractivity contribution < 1.29 is 9.53 Å². The lowest BCUT2D eigenvalue weighted by Crippen LogP contribution is -2.17. The van der Waals surface area contributed by atoms with Crippen molar-refractivity contribution in [3.8, 4) is 0 Å². The highest BCUT2D eigenvalue weighted by molar-refractivity contribution is 5.68. The summed E-state index contributed by atoms with van der Waals surface area (Å²) < 4.78 is 4.55. The van der Waals surface area contributed by atoms with Crippen molar-refractivity contribution in [3.05, 3.63) is 36.2 Å². The Hall–Kier alpha value is -1.68. The first-order valence-corrected chi connectivity index (χ1v) is 5.94. The molecule has 1 aromatic rings. The molecule has 0 unspecified atom stereocenters. The maximum atomic E-state index is 9.60. The number of nitrogens with zero attached hydrogens (tertiary/aromatic N) is 1. The van der Waals surface area contributed by atoms with Gasteiger partial charge in [0.1, 0.15) is 5.60 Å². The summed E-state index contributed by atoms with van der Waals surface area (Å²) in [6.45, 7) is 7.91. The molecule has 0 saturated carbocycles. The summed E-state index contributed by atoms with van der Waals surface area (Å²) in [6.07, 6.45) is 5.87. The molecule has 0 fully saturated rings. The van der Waals surface area contributed by atoms with Gasteiger partial charge in [0.05, 0.1) is 0 Å². The topological polar surface area (TPSA) is 51.2 Å². The molecule has 1 N–H and O–H groups in total. The normalized spacial score (nSPS) is 14.3. The van der Waals surface area contributed by atoms with E-state index in [1.807, 2.05) is 45.3 Å². The zero-order chi connectivity index (χ0) is 13.4. The minimum Gasteiger partial charge on any atom is -0.462 e. The predicted octanol–water partition coefficient (Wildman–Crippen LogP) is 2.03. The van der Waals surface area contributed by atoms with E-state index in [0.717, 1.165) is 13.1 Å². The van der Waals surface area contributed by atoms with Gasteiger partial charge in [0.15, 0.2) is 0 Å². The Bertz CT molecular complexity index is 394. The number of pyridine rings is 1. The molecule has 18 heavy (non-hydrogen) atoms. The van der Waals surface area contributed by atoms with Gasteiger partial charge in [0.25, 0.3) is 6.47 Å². The van der Waals surface area contributed by atoms with Crippen LogP contribution in [0.4, 0.5) is 0 Å². The van der Waals surface area contributed by atoms with E-state index in [-0.39, 0.29) is 5.60 Å². The molecule has 1 aliphatic heterocycles. The second-order valence-corrected chi connectivity index (χ2v) is 4.92. The summed E-state index contributed by atoms with van der Waals surface area (Å²) in [5.41, 5.74) is 2.35. The Morgan fingerprint density at radius 2 is 2.00 bits per heavy atom. The summed E-state index contributed by atoms with van der Waals surface area (Å²) in [7, 11) is 0. The minimum absolute atomic E-state index is 0.318. The highest BCUT2D eigenvalue weighted by Crippen LogP contribution is 2.14. The maximum absolute atomic E-state index is 9.60. The highest BCUT2D eigenvalue weighted by atomic mass is 16.5. The number of rotatable bonds is 2. The van der Waals surface area contributed by atoms with Gasteiger partial charge in [-0.15, -0.1) is 0 Å². The molecule has 0 radical (unpaired) electrons. The lowest BCUT2D eigenvalue weighted by atomic mass is 10.1. The average molecular weight is 248 g/mol. The standard InChI is InChI=1S/C9H10N2.C5H10O2/c1-4-10-5-2-8(1)9-3-6-11-7-9;1-5(2,3)7-4-6/h1-5,11H,6-7H2;4H,1-3H3. The fourth-order valence-corrected chi connectivity index (χ4v) is 1.40. The van der Waals surface area contributed by atoms with E-state index in [1.54, 1.807) is 0 Å². The van der Waals surface area contributed by atoms with Crippen LogP contribution in [0.25, 0.3) is 5.57 Å². The van der Waals surface area contributed by atoms with Crippen molar-refractivity contribution in [1.82, 2.24) is 10.3 Å². The monoisotopic (exact) mass is 248 g/mol. The number of hydrogen-bond donors (Lipinski definition) is 1. The summed E-state index contributed by atoms with van der Waals surface area (Å²) >= 11 is 0. The predicted molar refractivity (Wildman–Crippen MR) is 72.0 cm³/mol. The molecule has 1 aliphatic rings. The first kappa shape index (κ1) is 14.4. The van der Waals surface area contributed by atoms with Gasteiger partial charge in [-0.3, -0.25) is 9.78 Å². The van der Waals surface area contributed by atoms with Crippen LogP contribution in [0.15, 0.2) is 30.6 Å². The van der Waals surface area contributed by atoms with Crippen molar-refractivity contribution in [1.29, 1.82) is 0 Å². The van der Waals surface area contributed by atoms with Crippen LogP contribution < -0.4 is 5.32 Å². The molecule has 0 atom stereocenters. The van der Waals surface area contributed by atoms with Crippen molar-refractivity contribution in [2.75, 3.05) is 13.1 Å². The zero-order valence-electron chi connectivity index (χ0n) is 11.1. The summed E-state index contributed by atoms with van der Waals surface area (Å²) in [4.78, 5) is 13.6. The molecule has 2 rings (SSSR count). The average Bonchev–Trinajstić information content (AvgIpc) is 2.83. The van der Waals surface area contributed by atoms with Crippen molar-refractivity contribution in [2.45, 2.75) is 26.4 Å². The molecule has 2 heterocycles. The lowest BCUT2D eigenvalue weighted by molar-refractivity contribution is -0.138. The Morgan fingerprint density at radius 3 is 2.39 bits per heavy atom. The van der Waals surface area contributed by atoms with E-state index in [1.165, 1.54) is 11.1 Å². The molecular weight excluding hydrogens is 228 g/mol. The Morgan fingerprint density at radius 1 is 1.33 bits per heavy atom. The van der Waals surface area contributed by atoms with Gasteiger partial charge < -0.3 is 10.1 Å². The number of ether oxygens (including phenoxy) is 1. The summed E-state index contributed by atoms with van der Waals surface area (Å²) in [5.74, 6) is 0. The van der Waals surface area contributed by atoms with Crippen LogP contribution >= 0.6 is 0 Å². The van der Waals surface area contributed by atoms with Crippen molar-refractivity contribution in [2.24, 2.45) is 0 Å². The molecule has 0 aromatic carbocycles. The SMILES string of the molecule is C1=C(c2ccncc2)CNC1.CC(C)(C)OC=O. The van der Waals surface area contributed by atoms with E-state index < -0.39 is 0 Å². The number of carbonyl (C=O) groups is 1. The van der Waals surface area contributed by atoms with Gasteiger partial charge in [-0.2, -0.15) is 0 Å². The number of carbonyl (C=O) groups excluding carboxylic acids is 1. The van der Waals surface area contributed by atoms with Crippen LogP contribution in [0.2, 0.25) is 0 Å². The van der Waals surface area contributed by atoms with Crippen LogP contribution in [0, 0.1) is 0 Å². The fourth-order valence-electron chi connectivity index (χ4n) is 1.40. The Balaban J connectivity index is 0.000000203. The van der Waals surface area contributed by atoms with Gasteiger partial charge in [0.2, 0.25) is 0 Å². The van der Waals surface area contributed by atoms with E-state index in [0.29, 0.717) is 6.47 Å². The number of nitrogens with one attached hydrogen (secondary N) is 1. The summed E-state index contributed by atoms with van der Waals surface area (Å²) in [5, 5.41) is 3.26. The van der Waals surface area contributed by atoms with Crippen LogP contribution in [0.5, 0.6) is 0 Å². The number of aromatic nitrogens is 1. The maximum Gasteiger partial charge on any atom is 0.293 e. The van der Waals surface area contributed by atoms with E-state index >= 15 is 0 Å². The number of hydrogen-bond acceptors (Lipinski definition) is 4. The molecular formula is C14H20N2O2. The molecule has 0 bridgehead atoms. The van der Waals surface area contributed by atoms with Crippen LogP contribution in [0.1, 0.15) is 26.3 Å². The largest absolute Gasteiger partial charge is 0.462 e. The van der Waals surface area contributed by atoms with Gasteiger partial charge >= 0.3 is 0 Å². The molecule has 0 saturated heterocycles. The molecule has 98 valence electrons. The Labute approximate surface area is 108 Å². The second-order valence-electron chi connectivity index (χ2n) is 4.92. The first-order chi connectivity index (χ1) is 8.53. The quantitative estimate of drug-likeness (QED) is 0.814. The van der Waals surface area contributed by atoms with Gasteiger partial charge in [-0.1, -0.05) is 6.08 Å².